The molecular formula is C22H16ClN5O2. The van der Waals surface area contributed by atoms with Crippen LogP contribution in [0.25, 0.3) is 22.8 Å². The van der Waals surface area contributed by atoms with Crippen molar-refractivity contribution in [3.05, 3.63) is 77.6 Å². The molecule has 0 radical (unpaired) electrons. The van der Waals surface area contributed by atoms with Crippen LogP contribution in [0.4, 0.5) is 0 Å². The summed E-state index contributed by atoms with van der Waals surface area (Å²) in [5.74, 6) is 1.51. The van der Waals surface area contributed by atoms with Gasteiger partial charge in [-0.15, -0.1) is 0 Å². The molecule has 148 valence electrons. The molecule has 30 heavy (non-hydrogen) atoms. The lowest BCUT2D eigenvalue weighted by atomic mass is 10.1. The number of fused-ring (bicyclic) bond motifs is 1. The molecule has 1 amide bonds. The molecule has 1 aliphatic rings. The number of amides is 1. The number of nitrogens with zero attached hydrogens (tertiary/aromatic N) is 4. The number of ether oxygens (including phenoxy) is 1. The Bertz CT molecular complexity index is 1240. The molecule has 0 saturated heterocycles. The van der Waals surface area contributed by atoms with E-state index in [0.717, 1.165) is 0 Å². The van der Waals surface area contributed by atoms with Crippen LogP contribution >= 0.6 is 11.6 Å². The molecule has 2 aromatic heterocycles. The van der Waals surface area contributed by atoms with Crippen LogP contribution in [0.3, 0.4) is 0 Å². The average molecular weight is 418 g/mol. The first kappa shape index (κ1) is 18.3. The van der Waals surface area contributed by atoms with E-state index < -0.39 is 0 Å². The van der Waals surface area contributed by atoms with Gasteiger partial charge in [0.25, 0.3) is 5.91 Å². The van der Waals surface area contributed by atoms with E-state index in [2.05, 4.69) is 20.4 Å². The zero-order chi connectivity index (χ0) is 20.5. The van der Waals surface area contributed by atoms with Crippen molar-refractivity contribution in [3.8, 4) is 34.3 Å². The van der Waals surface area contributed by atoms with E-state index in [1.165, 1.54) is 0 Å². The van der Waals surface area contributed by atoms with Gasteiger partial charge in [-0.25, -0.2) is 9.97 Å². The number of carbonyl (C=O) groups is 1. The van der Waals surface area contributed by atoms with Gasteiger partial charge in [0.05, 0.1) is 22.8 Å². The summed E-state index contributed by atoms with van der Waals surface area (Å²) < 4.78 is 7.72. The first-order valence-electron chi connectivity index (χ1n) is 9.40. The number of nitrogens with one attached hydrogen (secondary N) is 1. The van der Waals surface area contributed by atoms with Crippen LogP contribution in [0, 0.1) is 0 Å². The third-order valence-electron chi connectivity index (χ3n) is 4.71. The van der Waals surface area contributed by atoms with E-state index in [-0.39, 0.29) is 5.91 Å². The molecule has 4 aromatic rings. The van der Waals surface area contributed by atoms with Gasteiger partial charge < -0.3 is 10.1 Å². The van der Waals surface area contributed by atoms with Crippen LogP contribution in [-0.4, -0.2) is 32.2 Å². The lowest BCUT2D eigenvalue weighted by Gasteiger charge is -2.13. The van der Waals surface area contributed by atoms with Gasteiger partial charge in [0, 0.05) is 12.7 Å². The number of benzene rings is 2. The third-order valence-corrected chi connectivity index (χ3v) is 5.02. The van der Waals surface area contributed by atoms with Gasteiger partial charge in [-0.05, 0) is 36.4 Å². The van der Waals surface area contributed by atoms with Crippen LogP contribution in [-0.2, 0) is 6.54 Å². The van der Waals surface area contributed by atoms with E-state index in [1.807, 2.05) is 42.5 Å². The summed E-state index contributed by atoms with van der Waals surface area (Å²) in [5, 5.41) is 7.81. The van der Waals surface area contributed by atoms with Crippen molar-refractivity contribution in [2.45, 2.75) is 6.54 Å². The normalized spacial score (nSPS) is 12.9. The van der Waals surface area contributed by atoms with Gasteiger partial charge in [-0.3, -0.25) is 9.48 Å². The highest BCUT2D eigenvalue weighted by atomic mass is 35.5. The fraction of sp³-hybridized carbons (Fsp3) is 0.0909. The lowest BCUT2D eigenvalue weighted by Crippen LogP contribution is -2.35. The smallest absolute Gasteiger partial charge is 0.269 e. The minimum Gasteiger partial charge on any atom is -0.457 e. The Balaban J connectivity index is 1.56. The minimum absolute atomic E-state index is 0.140. The van der Waals surface area contributed by atoms with Gasteiger partial charge >= 0.3 is 0 Å². The molecule has 0 saturated carbocycles. The summed E-state index contributed by atoms with van der Waals surface area (Å²) in [6.45, 7) is 1.18. The zero-order valence-corrected chi connectivity index (χ0v) is 16.5. The Hall–Kier alpha value is -3.71. The molecule has 2 aromatic carbocycles. The Morgan fingerprint density at radius 2 is 1.90 bits per heavy atom. The summed E-state index contributed by atoms with van der Waals surface area (Å²) in [6, 6.07) is 18.3. The van der Waals surface area contributed by atoms with Crippen molar-refractivity contribution in [1.82, 2.24) is 25.1 Å². The molecule has 0 spiro atoms. The zero-order valence-electron chi connectivity index (χ0n) is 15.7. The summed E-state index contributed by atoms with van der Waals surface area (Å²) >= 11 is 6.50. The van der Waals surface area contributed by atoms with E-state index in [9.17, 15) is 4.79 Å². The third kappa shape index (κ3) is 3.40. The van der Waals surface area contributed by atoms with Crippen LogP contribution in [0.15, 0.2) is 66.9 Å². The van der Waals surface area contributed by atoms with Gasteiger partial charge in [-0.1, -0.05) is 35.9 Å². The maximum absolute atomic E-state index is 12.0. The van der Waals surface area contributed by atoms with E-state index in [4.69, 9.17) is 16.3 Å². The number of rotatable bonds is 4. The Kier molecular flexibility index (Phi) is 4.65. The van der Waals surface area contributed by atoms with Crippen LogP contribution < -0.4 is 10.1 Å². The molecule has 3 heterocycles. The molecule has 7 nitrogen and oxygen atoms in total. The molecule has 0 fully saturated rings. The summed E-state index contributed by atoms with van der Waals surface area (Å²) in [7, 11) is 0. The maximum atomic E-state index is 12.0. The van der Waals surface area contributed by atoms with Crippen molar-refractivity contribution >= 4 is 17.5 Å². The monoisotopic (exact) mass is 417 g/mol. The maximum Gasteiger partial charge on any atom is 0.269 e. The Morgan fingerprint density at radius 1 is 1.03 bits per heavy atom. The van der Waals surface area contributed by atoms with Gasteiger partial charge in [0.1, 0.15) is 22.9 Å². The summed E-state index contributed by atoms with van der Waals surface area (Å²) in [5.41, 5.74) is 2.30. The summed E-state index contributed by atoms with van der Waals surface area (Å²) in [6.07, 6.45) is 1.64. The van der Waals surface area contributed by atoms with Crippen LogP contribution in [0.2, 0.25) is 5.02 Å². The molecule has 1 aliphatic heterocycles. The highest BCUT2D eigenvalue weighted by molar-refractivity contribution is 6.33. The number of carbonyl (C=O) groups excluding carboxylic acids is 1. The average Bonchev–Trinajstić information content (AvgIpc) is 3.21. The largest absolute Gasteiger partial charge is 0.457 e. The predicted octanol–water partition coefficient (Wildman–Crippen LogP) is 4.20. The number of para-hydroxylation sites is 1. The van der Waals surface area contributed by atoms with Crippen molar-refractivity contribution < 1.29 is 9.53 Å². The van der Waals surface area contributed by atoms with Crippen molar-refractivity contribution in [2.75, 3.05) is 6.54 Å². The second kappa shape index (κ2) is 7.61. The molecule has 0 atom stereocenters. The van der Waals surface area contributed by atoms with Crippen molar-refractivity contribution in [3.63, 3.8) is 0 Å². The second-order valence-corrected chi connectivity index (χ2v) is 7.09. The number of hydrogen-bond donors (Lipinski definition) is 1. The van der Waals surface area contributed by atoms with E-state index >= 15 is 0 Å². The number of halogens is 1. The first-order chi connectivity index (χ1) is 14.7. The minimum atomic E-state index is -0.140. The Labute approximate surface area is 177 Å². The standard InChI is InChI=1S/C22H16ClN5O2/c23-15-7-4-8-19(30-14-5-2-1-3-6-14)20(15)21-24-10-9-16(26-21)17-13-18-22(29)25-11-12-28(18)27-17/h1-10,13H,11-12H2,(H,25,29). The fourth-order valence-corrected chi connectivity index (χ4v) is 3.56. The van der Waals surface area contributed by atoms with Crippen molar-refractivity contribution in [2.24, 2.45) is 0 Å². The lowest BCUT2D eigenvalue weighted by molar-refractivity contribution is 0.0924. The molecule has 0 aliphatic carbocycles. The van der Waals surface area contributed by atoms with Crippen LogP contribution in [0.1, 0.15) is 10.5 Å². The molecule has 0 unspecified atom stereocenters. The SMILES string of the molecule is O=C1NCCn2nc(-c3ccnc(-c4c(Cl)cccc4Oc4ccccc4)n3)cc21. The predicted molar refractivity (Wildman–Crippen MR) is 113 cm³/mol. The van der Waals surface area contributed by atoms with Crippen LogP contribution in [0.5, 0.6) is 11.5 Å². The molecule has 8 heteroatoms. The molecule has 5 rings (SSSR count). The van der Waals surface area contributed by atoms with Crippen molar-refractivity contribution in [1.29, 1.82) is 0 Å². The first-order valence-corrected chi connectivity index (χ1v) is 9.78. The van der Waals surface area contributed by atoms with Gasteiger partial charge in [0.15, 0.2) is 5.82 Å². The molecular weight excluding hydrogens is 402 g/mol. The highest BCUT2D eigenvalue weighted by Crippen LogP contribution is 2.37. The topological polar surface area (TPSA) is 81.9 Å². The van der Waals surface area contributed by atoms with E-state index in [0.29, 0.717) is 58.1 Å². The Morgan fingerprint density at radius 3 is 2.73 bits per heavy atom. The number of aromatic nitrogens is 4. The summed E-state index contributed by atoms with van der Waals surface area (Å²) in [4.78, 5) is 21.1. The van der Waals surface area contributed by atoms with E-state index in [1.54, 1.807) is 29.1 Å². The second-order valence-electron chi connectivity index (χ2n) is 6.69. The molecule has 1 N–H and O–H groups in total. The number of hydrogen-bond acceptors (Lipinski definition) is 5. The fourth-order valence-electron chi connectivity index (χ4n) is 3.30. The quantitative estimate of drug-likeness (QED) is 0.538. The van der Waals surface area contributed by atoms with Gasteiger partial charge in [0.2, 0.25) is 0 Å². The molecule has 0 bridgehead atoms. The highest BCUT2D eigenvalue weighted by Gasteiger charge is 2.21. The van der Waals surface area contributed by atoms with Gasteiger partial charge in [-0.2, -0.15) is 5.10 Å².